The fraction of sp³-hybridized carbons (Fsp3) is 0.812. The van der Waals surface area contributed by atoms with Crippen LogP contribution in [0.3, 0.4) is 0 Å². The number of nitrogens with zero attached hydrogens (tertiary/aromatic N) is 2. The Kier molecular flexibility index (Phi) is 5.49. The van der Waals surface area contributed by atoms with Crippen LogP contribution in [0, 0.1) is 5.92 Å². The molecule has 0 unspecified atom stereocenters. The van der Waals surface area contributed by atoms with Crippen molar-refractivity contribution in [2.24, 2.45) is 5.92 Å². The molecule has 130 valence electrons. The van der Waals surface area contributed by atoms with Crippen molar-refractivity contribution in [3.05, 3.63) is 5.82 Å². The molecule has 2 N–H and O–H groups in total. The average molecular weight is 324 g/mol. The Hall–Kier alpha value is -1.79. The summed E-state index contributed by atoms with van der Waals surface area (Å²) in [5, 5.41) is 10.1. The average Bonchev–Trinajstić information content (AvgIpc) is 3.04. The smallest absolute Gasteiger partial charge is 0.407 e. The molecule has 1 amide bonds. The van der Waals surface area contributed by atoms with Gasteiger partial charge in [-0.05, 0) is 39.5 Å². The first-order valence-electron chi connectivity index (χ1n) is 8.31. The Balaban J connectivity index is 1.84. The van der Waals surface area contributed by atoms with Gasteiger partial charge < -0.3 is 19.9 Å². The van der Waals surface area contributed by atoms with Crippen LogP contribution in [-0.4, -0.2) is 34.4 Å². The van der Waals surface area contributed by atoms with E-state index in [0.717, 1.165) is 19.3 Å². The summed E-state index contributed by atoms with van der Waals surface area (Å²) in [5.74, 6) is 1.27. The normalized spacial score (nSPS) is 21.5. The van der Waals surface area contributed by atoms with E-state index in [4.69, 9.17) is 9.26 Å². The highest BCUT2D eigenvalue weighted by atomic mass is 16.6. The molecule has 7 nitrogen and oxygen atoms in total. The number of ether oxygens (including phenoxy) is 1. The molecule has 0 radical (unpaired) electrons. The molecule has 0 aliphatic heterocycles. The van der Waals surface area contributed by atoms with Crippen molar-refractivity contribution < 1.29 is 14.1 Å². The summed E-state index contributed by atoms with van der Waals surface area (Å²) < 4.78 is 10.5. The van der Waals surface area contributed by atoms with Crippen LogP contribution in [0.15, 0.2) is 4.52 Å². The second-order valence-electron chi connectivity index (χ2n) is 7.44. The van der Waals surface area contributed by atoms with Crippen molar-refractivity contribution in [2.75, 3.05) is 11.9 Å². The van der Waals surface area contributed by atoms with Crippen LogP contribution in [-0.2, 0) is 4.74 Å². The van der Waals surface area contributed by atoms with Gasteiger partial charge in [-0.1, -0.05) is 25.4 Å². The van der Waals surface area contributed by atoms with E-state index < -0.39 is 5.60 Å². The molecule has 1 aromatic rings. The van der Waals surface area contributed by atoms with Gasteiger partial charge in [-0.25, -0.2) is 4.79 Å². The number of carbonyl (C=O) groups is 1. The fourth-order valence-electron chi connectivity index (χ4n) is 2.69. The van der Waals surface area contributed by atoms with Crippen molar-refractivity contribution in [3.8, 4) is 0 Å². The molecule has 0 bridgehead atoms. The van der Waals surface area contributed by atoms with Gasteiger partial charge in [0.15, 0.2) is 5.82 Å². The molecule has 1 aromatic heterocycles. The minimum absolute atomic E-state index is 0.227. The summed E-state index contributed by atoms with van der Waals surface area (Å²) >= 11 is 0. The molecule has 2 atom stereocenters. The molecule has 1 saturated carbocycles. The Morgan fingerprint density at radius 3 is 2.74 bits per heavy atom. The Bertz CT molecular complexity index is 522. The lowest BCUT2D eigenvalue weighted by Gasteiger charge is -2.23. The summed E-state index contributed by atoms with van der Waals surface area (Å²) in [6.07, 6.45) is 2.82. The maximum atomic E-state index is 11.8. The van der Waals surface area contributed by atoms with Gasteiger partial charge in [0.1, 0.15) is 5.60 Å². The standard InChI is InChI=1S/C16H28N4O3/c1-10(2)13-19-14(23-20-13)18-12-8-6-7-11(12)9-17-15(21)22-16(3,4)5/h10-12H,6-9H2,1-5H3,(H,17,21)(H,18,19,20)/t11-,12+/m1/s1. The van der Waals surface area contributed by atoms with Gasteiger partial charge in [-0.15, -0.1) is 0 Å². The van der Waals surface area contributed by atoms with E-state index in [1.165, 1.54) is 0 Å². The summed E-state index contributed by atoms with van der Waals surface area (Å²) in [6, 6.07) is 0.688. The molecule has 7 heteroatoms. The molecule has 1 fully saturated rings. The molecule has 0 saturated heterocycles. The van der Waals surface area contributed by atoms with Crippen LogP contribution in [0.2, 0.25) is 0 Å². The van der Waals surface area contributed by atoms with Crippen LogP contribution < -0.4 is 10.6 Å². The number of hydrogen-bond donors (Lipinski definition) is 2. The largest absolute Gasteiger partial charge is 0.444 e. The van der Waals surface area contributed by atoms with Gasteiger partial charge in [0.05, 0.1) is 0 Å². The third-order valence-electron chi connectivity index (χ3n) is 3.83. The van der Waals surface area contributed by atoms with E-state index >= 15 is 0 Å². The molecule has 0 spiro atoms. The predicted octanol–water partition coefficient (Wildman–Crippen LogP) is 3.30. The zero-order chi connectivity index (χ0) is 17.0. The number of carbonyl (C=O) groups excluding carboxylic acids is 1. The molecular weight excluding hydrogens is 296 g/mol. The summed E-state index contributed by atoms with van der Waals surface area (Å²) in [4.78, 5) is 16.1. The van der Waals surface area contributed by atoms with Gasteiger partial charge in [0, 0.05) is 18.5 Å². The Morgan fingerprint density at radius 2 is 2.13 bits per heavy atom. The minimum Gasteiger partial charge on any atom is -0.444 e. The van der Waals surface area contributed by atoms with Crippen LogP contribution in [0.4, 0.5) is 10.8 Å². The molecule has 2 rings (SSSR count). The highest BCUT2D eigenvalue weighted by molar-refractivity contribution is 5.67. The number of aromatic nitrogens is 2. The van der Waals surface area contributed by atoms with Crippen LogP contribution in [0.1, 0.15) is 65.6 Å². The van der Waals surface area contributed by atoms with Gasteiger partial charge in [0.25, 0.3) is 0 Å². The summed E-state index contributed by atoms with van der Waals surface area (Å²) in [7, 11) is 0. The zero-order valence-corrected chi connectivity index (χ0v) is 14.7. The van der Waals surface area contributed by atoms with Crippen molar-refractivity contribution in [3.63, 3.8) is 0 Å². The fourth-order valence-corrected chi connectivity index (χ4v) is 2.69. The van der Waals surface area contributed by atoms with Crippen molar-refractivity contribution >= 4 is 12.1 Å². The molecule has 0 aromatic carbocycles. The quantitative estimate of drug-likeness (QED) is 0.864. The van der Waals surface area contributed by atoms with E-state index in [1.807, 2.05) is 34.6 Å². The molecule has 1 heterocycles. The molecule has 1 aliphatic rings. The Morgan fingerprint density at radius 1 is 1.39 bits per heavy atom. The SMILES string of the molecule is CC(C)c1noc(N[C@H]2CCC[C@@H]2CNC(=O)OC(C)(C)C)n1. The number of amides is 1. The lowest BCUT2D eigenvalue weighted by molar-refractivity contribution is 0.0519. The van der Waals surface area contributed by atoms with Gasteiger partial charge in [-0.3, -0.25) is 0 Å². The van der Waals surface area contributed by atoms with Gasteiger partial charge in [0.2, 0.25) is 0 Å². The highest BCUT2D eigenvalue weighted by Crippen LogP contribution is 2.28. The van der Waals surface area contributed by atoms with Crippen LogP contribution >= 0.6 is 0 Å². The third-order valence-corrected chi connectivity index (χ3v) is 3.83. The second-order valence-corrected chi connectivity index (χ2v) is 7.44. The van der Waals surface area contributed by atoms with E-state index in [2.05, 4.69) is 20.8 Å². The van der Waals surface area contributed by atoms with Crippen molar-refractivity contribution in [1.82, 2.24) is 15.5 Å². The maximum Gasteiger partial charge on any atom is 0.407 e. The van der Waals surface area contributed by atoms with Crippen molar-refractivity contribution in [2.45, 2.75) is 71.4 Å². The van der Waals surface area contributed by atoms with Crippen LogP contribution in [0.5, 0.6) is 0 Å². The first-order valence-corrected chi connectivity index (χ1v) is 8.31. The van der Waals surface area contributed by atoms with Gasteiger partial charge >= 0.3 is 12.1 Å². The number of rotatable bonds is 5. The van der Waals surface area contributed by atoms with Gasteiger partial charge in [-0.2, -0.15) is 4.98 Å². The summed E-state index contributed by atoms with van der Waals surface area (Å²) in [5.41, 5.74) is -0.478. The first-order chi connectivity index (χ1) is 10.7. The van der Waals surface area contributed by atoms with Crippen LogP contribution in [0.25, 0.3) is 0 Å². The highest BCUT2D eigenvalue weighted by Gasteiger charge is 2.29. The van der Waals surface area contributed by atoms with E-state index in [9.17, 15) is 4.79 Å². The number of hydrogen-bond acceptors (Lipinski definition) is 6. The monoisotopic (exact) mass is 324 g/mol. The number of alkyl carbamates (subject to hydrolysis) is 1. The third kappa shape index (κ3) is 5.41. The van der Waals surface area contributed by atoms with E-state index in [0.29, 0.717) is 24.3 Å². The van der Waals surface area contributed by atoms with Crippen molar-refractivity contribution in [1.29, 1.82) is 0 Å². The Labute approximate surface area is 137 Å². The number of nitrogens with one attached hydrogen (secondary N) is 2. The lowest BCUT2D eigenvalue weighted by atomic mass is 10.0. The van der Waals surface area contributed by atoms with E-state index in [-0.39, 0.29) is 18.1 Å². The minimum atomic E-state index is -0.478. The number of anilines is 1. The molecular formula is C16H28N4O3. The maximum absolute atomic E-state index is 11.8. The zero-order valence-electron chi connectivity index (χ0n) is 14.7. The topological polar surface area (TPSA) is 89.3 Å². The molecule has 23 heavy (non-hydrogen) atoms. The summed E-state index contributed by atoms with van der Waals surface area (Å²) in [6.45, 7) is 10.2. The second kappa shape index (κ2) is 7.19. The molecule has 1 aliphatic carbocycles. The first kappa shape index (κ1) is 17.6. The van der Waals surface area contributed by atoms with E-state index in [1.54, 1.807) is 0 Å². The predicted molar refractivity (Wildman–Crippen MR) is 87.4 cm³/mol. The lowest BCUT2D eigenvalue weighted by Crippen LogP contribution is -2.38.